The fourth-order valence-electron chi connectivity index (χ4n) is 1.99. The van der Waals surface area contributed by atoms with Gasteiger partial charge in [-0.1, -0.05) is 13.8 Å². The maximum absolute atomic E-state index is 13.0. The van der Waals surface area contributed by atoms with Gasteiger partial charge in [-0.2, -0.15) is 5.10 Å². The second kappa shape index (κ2) is 4.96. The predicted octanol–water partition coefficient (Wildman–Crippen LogP) is 3.24. The average Bonchev–Trinajstić information content (AvgIpc) is 2.98. The third-order valence-corrected chi connectivity index (χ3v) is 4.42. The number of halogens is 1. The van der Waals surface area contributed by atoms with Gasteiger partial charge in [0.2, 0.25) is 0 Å². The molecule has 0 bridgehead atoms. The summed E-state index contributed by atoms with van der Waals surface area (Å²) in [4.78, 5) is 4.59. The van der Waals surface area contributed by atoms with Gasteiger partial charge in [0, 0.05) is 5.92 Å². The Bertz CT molecular complexity index is 746. The summed E-state index contributed by atoms with van der Waals surface area (Å²) < 4.78 is 15.6. The van der Waals surface area contributed by atoms with Crippen LogP contribution in [0.15, 0.2) is 24.3 Å². The summed E-state index contributed by atoms with van der Waals surface area (Å²) in [6, 6.07) is 6.07. The molecule has 1 aromatic carbocycles. The van der Waals surface area contributed by atoms with E-state index in [9.17, 15) is 9.50 Å². The molecular formula is C14H14FN3OS. The largest absolute Gasteiger partial charge is 0.390 e. The van der Waals surface area contributed by atoms with Gasteiger partial charge < -0.3 is 5.11 Å². The van der Waals surface area contributed by atoms with E-state index >= 15 is 0 Å². The van der Waals surface area contributed by atoms with Crippen LogP contribution < -0.4 is 0 Å². The Morgan fingerprint density at radius 1 is 1.30 bits per heavy atom. The Morgan fingerprint density at radius 3 is 2.60 bits per heavy atom. The molecular weight excluding hydrogens is 277 g/mol. The first kappa shape index (κ1) is 13.2. The molecule has 2 heterocycles. The van der Waals surface area contributed by atoms with Crippen molar-refractivity contribution in [1.82, 2.24) is 14.8 Å². The molecule has 0 saturated carbocycles. The number of thiazole rings is 1. The highest BCUT2D eigenvalue weighted by Crippen LogP contribution is 2.31. The SMILES string of the molecule is CC(C)c1nc2c(s1)c(CO)nn2-c1ccc(F)cc1. The second-order valence-electron chi connectivity index (χ2n) is 4.85. The second-order valence-corrected chi connectivity index (χ2v) is 5.88. The Kier molecular flexibility index (Phi) is 3.27. The molecule has 0 aliphatic carbocycles. The van der Waals surface area contributed by atoms with Crippen LogP contribution in [0.1, 0.15) is 30.5 Å². The number of nitrogens with zero attached hydrogens (tertiary/aromatic N) is 3. The van der Waals surface area contributed by atoms with E-state index in [1.54, 1.807) is 28.2 Å². The number of aliphatic hydroxyl groups is 1. The van der Waals surface area contributed by atoms with Crippen molar-refractivity contribution in [3.63, 3.8) is 0 Å². The van der Waals surface area contributed by atoms with Gasteiger partial charge in [-0.05, 0) is 24.3 Å². The monoisotopic (exact) mass is 291 g/mol. The first-order chi connectivity index (χ1) is 9.60. The van der Waals surface area contributed by atoms with Crippen LogP contribution in [0.25, 0.3) is 16.0 Å². The quantitative estimate of drug-likeness (QED) is 0.806. The van der Waals surface area contributed by atoms with Gasteiger partial charge in [0.1, 0.15) is 11.5 Å². The zero-order chi connectivity index (χ0) is 14.3. The zero-order valence-electron chi connectivity index (χ0n) is 11.2. The Hall–Kier alpha value is -1.79. The summed E-state index contributed by atoms with van der Waals surface area (Å²) >= 11 is 1.55. The van der Waals surface area contributed by atoms with Crippen LogP contribution in [0, 0.1) is 5.82 Å². The van der Waals surface area contributed by atoms with E-state index in [1.165, 1.54) is 12.1 Å². The predicted molar refractivity (Wildman–Crippen MR) is 76.7 cm³/mol. The van der Waals surface area contributed by atoms with Crippen molar-refractivity contribution in [3.05, 3.63) is 40.8 Å². The number of hydrogen-bond acceptors (Lipinski definition) is 4. The van der Waals surface area contributed by atoms with Crippen molar-refractivity contribution >= 4 is 21.7 Å². The maximum atomic E-state index is 13.0. The number of fused-ring (bicyclic) bond motifs is 1. The molecule has 20 heavy (non-hydrogen) atoms. The first-order valence-corrected chi connectivity index (χ1v) is 7.17. The summed E-state index contributed by atoms with van der Waals surface area (Å²) in [6.45, 7) is 4.02. The lowest BCUT2D eigenvalue weighted by molar-refractivity contribution is 0.277. The zero-order valence-corrected chi connectivity index (χ0v) is 12.0. The van der Waals surface area contributed by atoms with E-state index in [2.05, 4.69) is 23.9 Å². The topological polar surface area (TPSA) is 50.9 Å². The molecule has 0 saturated heterocycles. The summed E-state index contributed by atoms with van der Waals surface area (Å²) in [5, 5.41) is 14.8. The molecule has 2 aromatic heterocycles. The van der Waals surface area contributed by atoms with E-state index in [0.717, 1.165) is 15.4 Å². The number of aromatic nitrogens is 3. The molecule has 4 nitrogen and oxygen atoms in total. The van der Waals surface area contributed by atoms with E-state index in [4.69, 9.17) is 0 Å². The first-order valence-electron chi connectivity index (χ1n) is 6.35. The summed E-state index contributed by atoms with van der Waals surface area (Å²) in [5.74, 6) is 0.0290. The molecule has 1 N–H and O–H groups in total. The molecule has 0 radical (unpaired) electrons. The maximum Gasteiger partial charge on any atom is 0.174 e. The van der Waals surface area contributed by atoms with Crippen molar-refractivity contribution in [2.24, 2.45) is 0 Å². The lowest BCUT2D eigenvalue weighted by Gasteiger charge is -2.02. The lowest BCUT2D eigenvalue weighted by Crippen LogP contribution is -1.99. The number of benzene rings is 1. The van der Waals surface area contributed by atoms with E-state index in [-0.39, 0.29) is 12.4 Å². The van der Waals surface area contributed by atoms with Crippen LogP contribution in [0.3, 0.4) is 0 Å². The average molecular weight is 291 g/mol. The minimum Gasteiger partial charge on any atom is -0.390 e. The molecule has 0 aliphatic rings. The molecule has 0 amide bonds. The van der Waals surface area contributed by atoms with E-state index in [1.807, 2.05) is 0 Å². The van der Waals surface area contributed by atoms with Crippen molar-refractivity contribution < 1.29 is 9.50 Å². The highest BCUT2D eigenvalue weighted by atomic mass is 32.1. The van der Waals surface area contributed by atoms with Gasteiger partial charge in [-0.25, -0.2) is 14.1 Å². The fourth-order valence-corrected chi connectivity index (χ4v) is 3.01. The molecule has 3 rings (SSSR count). The number of aliphatic hydroxyl groups excluding tert-OH is 1. The van der Waals surface area contributed by atoms with Crippen LogP contribution >= 0.6 is 11.3 Å². The smallest absolute Gasteiger partial charge is 0.174 e. The van der Waals surface area contributed by atoms with Gasteiger partial charge >= 0.3 is 0 Å². The van der Waals surface area contributed by atoms with Crippen molar-refractivity contribution in [2.75, 3.05) is 0 Å². The molecule has 3 aromatic rings. The Morgan fingerprint density at radius 2 is 2.00 bits per heavy atom. The summed E-state index contributed by atoms with van der Waals surface area (Å²) in [7, 11) is 0. The minimum absolute atomic E-state index is 0.135. The summed E-state index contributed by atoms with van der Waals surface area (Å²) in [5.41, 5.74) is 2.06. The molecule has 0 fully saturated rings. The van der Waals surface area contributed by atoms with Gasteiger partial charge in [0.15, 0.2) is 5.65 Å². The van der Waals surface area contributed by atoms with Crippen molar-refractivity contribution in [2.45, 2.75) is 26.4 Å². The van der Waals surface area contributed by atoms with Crippen molar-refractivity contribution in [1.29, 1.82) is 0 Å². The van der Waals surface area contributed by atoms with E-state index < -0.39 is 0 Å². The normalized spacial score (nSPS) is 11.7. The Labute approximate surface area is 119 Å². The van der Waals surface area contributed by atoms with Crippen molar-refractivity contribution in [3.8, 4) is 5.69 Å². The fraction of sp³-hybridized carbons (Fsp3) is 0.286. The highest BCUT2D eigenvalue weighted by Gasteiger charge is 2.18. The molecule has 0 unspecified atom stereocenters. The number of rotatable bonds is 3. The number of hydrogen-bond donors (Lipinski definition) is 1. The lowest BCUT2D eigenvalue weighted by atomic mass is 10.2. The third kappa shape index (κ3) is 2.10. The molecule has 104 valence electrons. The van der Waals surface area contributed by atoms with E-state index in [0.29, 0.717) is 17.3 Å². The molecule has 0 spiro atoms. The highest BCUT2D eigenvalue weighted by molar-refractivity contribution is 7.18. The Balaban J connectivity index is 2.21. The molecule has 0 aliphatic heterocycles. The van der Waals surface area contributed by atoms with Crippen LogP contribution in [0.5, 0.6) is 0 Å². The van der Waals surface area contributed by atoms with Crippen LogP contribution in [0.2, 0.25) is 0 Å². The van der Waals surface area contributed by atoms with Crippen LogP contribution in [-0.4, -0.2) is 19.9 Å². The summed E-state index contributed by atoms with van der Waals surface area (Å²) in [6.07, 6.45) is 0. The van der Waals surface area contributed by atoms with Gasteiger partial charge in [-0.3, -0.25) is 0 Å². The minimum atomic E-state index is -0.291. The van der Waals surface area contributed by atoms with Crippen LogP contribution in [-0.2, 0) is 6.61 Å². The van der Waals surface area contributed by atoms with Gasteiger partial charge in [0.05, 0.1) is 22.0 Å². The standard InChI is InChI=1S/C14H14FN3OS/c1-8(2)14-16-13-12(20-14)11(7-19)17-18(13)10-5-3-9(15)4-6-10/h3-6,8,19H,7H2,1-2H3. The molecule has 0 atom stereocenters. The van der Waals surface area contributed by atoms with Gasteiger partial charge in [0.25, 0.3) is 0 Å². The van der Waals surface area contributed by atoms with Gasteiger partial charge in [-0.15, -0.1) is 11.3 Å². The van der Waals surface area contributed by atoms with Crippen LogP contribution in [0.4, 0.5) is 4.39 Å². The third-order valence-electron chi connectivity index (χ3n) is 3.02. The molecule has 6 heteroatoms.